The minimum atomic E-state index is -1.42. The van der Waals surface area contributed by atoms with Crippen molar-refractivity contribution in [1.82, 2.24) is 16.0 Å². The zero-order valence-electron chi connectivity index (χ0n) is 21.1. The molecule has 4 atom stereocenters. The summed E-state index contributed by atoms with van der Waals surface area (Å²) < 4.78 is -1.11. The van der Waals surface area contributed by atoms with Gasteiger partial charge in [-0.3, -0.25) is 14.4 Å². The van der Waals surface area contributed by atoms with E-state index in [1.165, 1.54) is 26.0 Å². The fourth-order valence-corrected chi connectivity index (χ4v) is 3.74. The van der Waals surface area contributed by atoms with Crippen molar-refractivity contribution < 1.29 is 34.5 Å². The van der Waals surface area contributed by atoms with Gasteiger partial charge in [-0.05, 0) is 43.5 Å². The van der Waals surface area contributed by atoms with Crippen LogP contribution in [0.5, 0.6) is 5.75 Å². The molecule has 0 aliphatic carbocycles. The predicted octanol–water partition coefficient (Wildman–Crippen LogP) is -0.256. The summed E-state index contributed by atoms with van der Waals surface area (Å²) in [6.07, 6.45) is 0.130. The number of carbonyl (C=O) groups is 4. The van der Waals surface area contributed by atoms with Crippen LogP contribution in [0, 0.1) is 0 Å². The van der Waals surface area contributed by atoms with Gasteiger partial charge in [0.05, 0.1) is 12.6 Å². The van der Waals surface area contributed by atoms with Gasteiger partial charge in [-0.1, -0.05) is 42.5 Å². The van der Waals surface area contributed by atoms with Crippen molar-refractivity contribution in [3.8, 4) is 5.75 Å². The molecule has 0 aliphatic rings. The van der Waals surface area contributed by atoms with Crippen molar-refractivity contribution in [3.63, 3.8) is 0 Å². The van der Waals surface area contributed by atoms with Gasteiger partial charge in [-0.15, -0.1) is 0 Å². The third-order valence-electron chi connectivity index (χ3n) is 5.70. The number of nitrogens with one attached hydrogen (secondary N) is 3. The summed E-state index contributed by atoms with van der Waals surface area (Å²) in [7, 11) is 0. The number of thiol groups is 1. The maximum absolute atomic E-state index is 13.1. The molecule has 2 aromatic carbocycles. The van der Waals surface area contributed by atoms with Gasteiger partial charge in [0.25, 0.3) is 0 Å². The average molecular weight is 547 g/mol. The highest BCUT2D eigenvalue weighted by Crippen LogP contribution is 2.18. The zero-order chi connectivity index (χ0) is 28.5. The molecule has 38 heavy (non-hydrogen) atoms. The van der Waals surface area contributed by atoms with E-state index in [1.54, 1.807) is 42.5 Å². The van der Waals surface area contributed by atoms with Crippen molar-refractivity contribution in [2.45, 2.75) is 55.6 Å². The van der Waals surface area contributed by atoms with Crippen LogP contribution in [0.15, 0.2) is 54.6 Å². The number of aliphatic hydroxyl groups excluding tert-OH is 1. The van der Waals surface area contributed by atoms with Crippen LogP contribution in [0.4, 0.5) is 0 Å². The molecular weight excluding hydrogens is 512 g/mol. The van der Waals surface area contributed by atoms with E-state index in [1.807, 2.05) is 0 Å². The molecule has 0 aromatic heterocycles. The monoisotopic (exact) mass is 546 g/mol. The number of benzene rings is 2. The third kappa shape index (κ3) is 9.36. The summed E-state index contributed by atoms with van der Waals surface area (Å²) >= 11 is 4.26. The fourth-order valence-electron chi connectivity index (χ4n) is 3.57. The first kappa shape index (κ1) is 30.6. The molecule has 0 bridgehead atoms. The second kappa shape index (κ2) is 13.8. The Morgan fingerprint density at radius 2 is 1.37 bits per heavy atom. The van der Waals surface area contributed by atoms with Crippen LogP contribution in [-0.4, -0.2) is 74.5 Å². The van der Waals surface area contributed by atoms with E-state index in [-0.39, 0.29) is 18.6 Å². The molecular formula is C26H34N4O7S. The topological polar surface area (TPSA) is 191 Å². The third-order valence-corrected chi connectivity index (χ3v) is 5.96. The predicted molar refractivity (Wildman–Crippen MR) is 144 cm³/mol. The van der Waals surface area contributed by atoms with Crippen molar-refractivity contribution >= 4 is 36.3 Å². The lowest BCUT2D eigenvalue weighted by Crippen LogP contribution is -2.60. The largest absolute Gasteiger partial charge is 0.508 e. The molecule has 8 N–H and O–H groups in total. The minimum Gasteiger partial charge on any atom is -0.508 e. The van der Waals surface area contributed by atoms with Crippen LogP contribution in [0.25, 0.3) is 0 Å². The maximum atomic E-state index is 13.1. The average Bonchev–Trinajstić information content (AvgIpc) is 2.86. The lowest BCUT2D eigenvalue weighted by atomic mass is 10.0. The molecule has 11 nitrogen and oxygen atoms in total. The number of amides is 3. The molecule has 0 aliphatic heterocycles. The minimum absolute atomic E-state index is 0.0181. The van der Waals surface area contributed by atoms with Gasteiger partial charge in [0.2, 0.25) is 17.7 Å². The van der Waals surface area contributed by atoms with E-state index >= 15 is 0 Å². The number of hydrogen-bond acceptors (Lipinski definition) is 8. The highest BCUT2D eigenvalue weighted by molar-refractivity contribution is 7.81. The number of carboxylic acid groups (broad SMARTS) is 1. The summed E-state index contributed by atoms with van der Waals surface area (Å²) in [5.41, 5.74) is 7.31. The van der Waals surface area contributed by atoms with E-state index in [4.69, 9.17) is 5.73 Å². The van der Waals surface area contributed by atoms with Crippen LogP contribution < -0.4 is 21.7 Å². The highest BCUT2D eigenvalue weighted by atomic mass is 32.1. The Bertz CT molecular complexity index is 1110. The lowest BCUT2D eigenvalue weighted by molar-refractivity contribution is -0.143. The molecule has 0 spiro atoms. The van der Waals surface area contributed by atoms with Gasteiger partial charge < -0.3 is 37.0 Å². The zero-order valence-corrected chi connectivity index (χ0v) is 22.0. The quantitative estimate of drug-likeness (QED) is 0.158. The SMILES string of the molecule is CC(C)(S)[C@@H](NC(=O)[C@H](Cc1ccccc1)NC(=O)[C@@H](CO)NC(=O)[C@@H](N)Cc1ccc(O)cc1)C(=O)O. The first-order valence-corrected chi connectivity index (χ1v) is 12.3. The molecule has 0 unspecified atom stereocenters. The number of aromatic hydroxyl groups is 1. The Balaban J connectivity index is 2.14. The van der Waals surface area contributed by atoms with Crippen molar-refractivity contribution in [2.75, 3.05) is 6.61 Å². The Morgan fingerprint density at radius 1 is 0.842 bits per heavy atom. The number of phenols is 1. The number of rotatable bonds is 13. The maximum Gasteiger partial charge on any atom is 0.327 e. The number of aliphatic hydroxyl groups is 1. The second-order valence-corrected chi connectivity index (χ2v) is 10.6. The molecule has 2 rings (SSSR count). The standard InChI is InChI=1S/C26H34N4O7S/c1-26(2,38)21(25(36)37)30-23(34)19(13-15-6-4-3-5-7-15)28-24(35)20(14-31)29-22(33)18(27)12-16-8-10-17(32)11-9-16/h3-11,18-21,31-32,38H,12-14,27H2,1-2H3,(H,28,35)(H,29,33)(H,30,34)(H,36,37)/t18-,19-,20+,21-/m0/s1. The van der Waals surface area contributed by atoms with Gasteiger partial charge in [0.1, 0.15) is 23.9 Å². The molecule has 0 fully saturated rings. The summed E-state index contributed by atoms with van der Waals surface area (Å²) in [5, 5.41) is 36.0. The van der Waals surface area contributed by atoms with E-state index < -0.39 is 59.2 Å². The van der Waals surface area contributed by atoms with Crippen molar-refractivity contribution in [3.05, 3.63) is 65.7 Å². The molecule has 206 valence electrons. The Hall–Kier alpha value is -3.61. The number of carbonyl (C=O) groups excluding carboxylic acids is 3. The van der Waals surface area contributed by atoms with E-state index in [9.17, 15) is 34.5 Å². The number of phenolic OH excluding ortho intramolecular Hbond substituents is 1. The Kier molecular flexibility index (Phi) is 11.1. The molecule has 0 radical (unpaired) electrons. The van der Waals surface area contributed by atoms with E-state index in [0.29, 0.717) is 11.1 Å². The molecule has 12 heteroatoms. The van der Waals surface area contributed by atoms with Crippen LogP contribution >= 0.6 is 12.6 Å². The summed E-state index contributed by atoms with van der Waals surface area (Å²) in [6.45, 7) is 2.28. The normalized spacial score (nSPS) is 14.4. The van der Waals surface area contributed by atoms with E-state index in [0.717, 1.165) is 0 Å². The first-order chi connectivity index (χ1) is 17.8. The van der Waals surface area contributed by atoms with Gasteiger partial charge in [-0.25, -0.2) is 4.79 Å². The number of hydrogen-bond donors (Lipinski definition) is 8. The van der Waals surface area contributed by atoms with Gasteiger partial charge in [-0.2, -0.15) is 12.6 Å². The van der Waals surface area contributed by atoms with Crippen molar-refractivity contribution in [2.24, 2.45) is 5.73 Å². The molecule has 3 amide bonds. The summed E-state index contributed by atoms with van der Waals surface area (Å²) in [5.74, 6) is -3.58. The molecule has 0 heterocycles. The van der Waals surface area contributed by atoms with E-state index in [2.05, 4.69) is 28.6 Å². The van der Waals surface area contributed by atoms with Crippen LogP contribution in [0.2, 0.25) is 0 Å². The lowest BCUT2D eigenvalue weighted by Gasteiger charge is -2.29. The van der Waals surface area contributed by atoms with Crippen LogP contribution in [0.1, 0.15) is 25.0 Å². The second-order valence-electron chi connectivity index (χ2n) is 9.41. The summed E-state index contributed by atoms with van der Waals surface area (Å²) in [4.78, 5) is 50.4. The number of carboxylic acids is 1. The number of aliphatic carboxylic acids is 1. The molecule has 0 saturated carbocycles. The molecule has 2 aromatic rings. The highest BCUT2D eigenvalue weighted by Gasteiger charge is 2.36. The van der Waals surface area contributed by atoms with Crippen molar-refractivity contribution in [1.29, 1.82) is 0 Å². The van der Waals surface area contributed by atoms with Crippen LogP contribution in [0.3, 0.4) is 0 Å². The summed E-state index contributed by atoms with van der Waals surface area (Å²) in [6, 6.07) is 9.77. The van der Waals surface area contributed by atoms with Gasteiger partial charge >= 0.3 is 5.97 Å². The Morgan fingerprint density at radius 3 is 1.89 bits per heavy atom. The smallest absolute Gasteiger partial charge is 0.327 e. The van der Waals surface area contributed by atoms with Gasteiger partial charge in [0, 0.05) is 11.2 Å². The molecule has 0 saturated heterocycles. The number of nitrogens with two attached hydrogens (primary N) is 1. The van der Waals surface area contributed by atoms with Crippen LogP contribution in [-0.2, 0) is 32.0 Å². The fraction of sp³-hybridized carbons (Fsp3) is 0.385. The first-order valence-electron chi connectivity index (χ1n) is 11.9. The van der Waals surface area contributed by atoms with Gasteiger partial charge in [0.15, 0.2) is 0 Å². The Labute approximate surface area is 226 Å².